The summed E-state index contributed by atoms with van der Waals surface area (Å²) in [6.45, 7) is -0.727. The molecule has 1 unspecified atom stereocenters. The van der Waals surface area contributed by atoms with E-state index in [1.807, 2.05) is 11.4 Å². The van der Waals surface area contributed by atoms with E-state index in [9.17, 15) is 33.3 Å². The Kier molecular flexibility index (Phi) is 5.46. The highest BCUT2D eigenvalue weighted by Crippen LogP contribution is 2.29. The topological polar surface area (TPSA) is 99.3 Å². The van der Waals surface area contributed by atoms with E-state index < -0.39 is 29.5 Å². The number of carbonyl (C=O) groups excluding carboxylic acids is 1. The van der Waals surface area contributed by atoms with E-state index in [2.05, 4.69) is 0 Å². The normalized spacial score (nSPS) is 17.7. The van der Waals surface area contributed by atoms with E-state index in [0.717, 1.165) is 6.07 Å². The van der Waals surface area contributed by atoms with Crippen molar-refractivity contribution in [3.8, 4) is 6.07 Å². The van der Waals surface area contributed by atoms with Crippen LogP contribution in [0, 0.1) is 27.4 Å². The summed E-state index contributed by atoms with van der Waals surface area (Å²) in [7, 11) is 0. The van der Waals surface area contributed by atoms with Crippen molar-refractivity contribution >= 4 is 17.3 Å². The highest BCUT2D eigenvalue weighted by atomic mass is 19.4. The zero-order chi connectivity index (χ0) is 18.6. The van der Waals surface area contributed by atoms with Crippen molar-refractivity contribution in [2.45, 2.75) is 19.0 Å². The molecule has 2 rings (SSSR count). The fraction of sp³-hybridized carbons (Fsp3) is 0.467. The Balaban J connectivity index is 2.12. The third-order valence-corrected chi connectivity index (χ3v) is 3.91. The van der Waals surface area contributed by atoms with Gasteiger partial charge in [-0.05, 0) is 18.9 Å². The first-order valence-electron chi connectivity index (χ1n) is 7.49. The largest absolute Gasteiger partial charge is 0.405 e. The third kappa shape index (κ3) is 4.82. The highest BCUT2D eigenvalue weighted by Gasteiger charge is 2.32. The summed E-state index contributed by atoms with van der Waals surface area (Å²) >= 11 is 0. The molecular weight excluding hydrogens is 341 g/mol. The first kappa shape index (κ1) is 18.5. The smallest absolute Gasteiger partial charge is 0.370 e. The van der Waals surface area contributed by atoms with Crippen molar-refractivity contribution in [2.24, 2.45) is 5.92 Å². The molecule has 1 atom stereocenters. The molecule has 1 saturated heterocycles. The molecule has 0 aromatic heterocycles. The molecule has 1 aromatic carbocycles. The second-order valence-electron chi connectivity index (χ2n) is 5.69. The number of rotatable bonds is 4. The molecule has 25 heavy (non-hydrogen) atoms. The lowest BCUT2D eigenvalue weighted by molar-refractivity contribution is -0.384. The van der Waals surface area contributed by atoms with Crippen LogP contribution in [0.3, 0.4) is 0 Å². The van der Waals surface area contributed by atoms with Crippen molar-refractivity contribution in [1.82, 2.24) is 5.32 Å². The maximum Gasteiger partial charge on any atom is 0.405 e. The van der Waals surface area contributed by atoms with Gasteiger partial charge in [0.15, 0.2) is 0 Å². The monoisotopic (exact) mass is 356 g/mol. The van der Waals surface area contributed by atoms with Crippen LogP contribution in [0.4, 0.5) is 24.5 Å². The molecule has 0 spiro atoms. The van der Waals surface area contributed by atoms with Crippen LogP contribution in [0.25, 0.3) is 0 Å². The number of halogens is 3. The van der Waals surface area contributed by atoms with Gasteiger partial charge in [0, 0.05) is 25.2 Å². The molecule has 1 aromatic rings. The molecule has 0 saturated carbocycles. The minimum absolute atomic E-state index is 0.0885. The van der Waals surface area contributed by atoms with Crippen LogP contribution in [0.5, 0.6) is 0 Å². The van der Waals surface area contributed by atoms with Crippen molar-refractivity contribution in [3.05, 3.63) is 33.9 Å². The lowest BCUT2D eigenvalue weighted by Gasteiger charge is -2.34. The number of carbonyl (C=O) groups is 1. The molecule has 134 valence electrons. The molecule has 7 nitrogen and oxygen atoms in total. The van der Waals surface area contributed by atoms with Gasteiger partial charge in [0.05, 0.1) is 22.1 Å². The quantitative estimate of drug-likeness (QED) is 0.659. The fourth-order valence-electron chi connectivity index (χ4n) is 2.74. The molecule has 1 aliphatic rings. The van der Waals surface area contributed by atoms with Crippen LogP contribution >= 0.6 is 0 Å². The van der Waals surface area contributed by atoms with Gasteiger partial charge in [-0.1, -0.05) is 0 Å². The Morgan fingerprint density at radius 2 is 2.20 bits per heavy atom. The number of hydrogen-bond donors (Lipinski definition) is 1. The average Bonchev–Trinajstić information content (AvgIpc) is 2.58. The summed E-state index contributed by atoms with van der Waals surface area (Å²) in [5, 5.41) is 21.9. The number of amides is 1. The summed E-state index contributed by atoms with van der Waals surface area (Å²) in [5.74, 6) is -1.33. The number of nitrogens with one attached hydrogen (secondary N) is 1. The average molecular weight is 356 g/mol. The van der Waals surface area contributed by atoms with Gasteiger partial charge in [-0.3, -0.25) is 14.9 Å². The molecular formula is C15H15F3N4O3. The minimum Gasteiger partial charge on any atom is -0.370 e. The van der Waals surface area contributed by atoms with Crippen LogP contribution in [-0.4, -0.2) is 36.6 Å². The lowest BCUT2D eigenvalue weighted by atomic mass is 9.96. The molecule has 1 fully saturated rings. The van der Waals surface area contributed by atoms with E-state index >= 15 is 0 Å². The van der Waals surface area contributed by atoms with Gasteiger partial charge in [-0.2, -0.15) is 18.4 Å². The van der Waals surface area contributed by atoms with Crippen LogP contribution in [0.1, 0.15) is 18.4 Å². The summed E-state index contributed by atoms with van der Waals surface area (Å²) in [6, 6.07) is 5.70. The van der Waals surface area contributed by atoms with Gasteiger partial charge in [-0.15, -0.1) is 0 Å². The number of alkyl halides is 3. The molecule has 1 amide bonds. The van der Waals surface area contributed by atoms with Crippen LogP contribution in [-0.2, 0) is 4.79 Å². The zero-order valence-electron chi connectivity index (χ0n) is 13.0. The number of benzene rings is 1. The van der Waals surface area contributed by atoms with Crippen molar-refractivity contribution in [2.75, 3.05) is 24.5 Å². The van der Waals surface area contributed by atoms with Crippen LogP contribution < -0.4 is 10.2 Å². The minimum atomic E-state index is -4.48. The predicted octanol–water partition coefficient (Wildman–Crippen LogP) is 2.36. The molecule has 1 N–H and O–H groups in total. The second kappa shape index (κ2) is 7.38. The Morgan fingerprint density at radius 1 is 1.48 bits per heavy atom. The van der Waals surface area contributed by atoms with Crippen molar-refractivity contribution in [1.29, 1.82) is 5.26 Å². The first-order chi connectivity index (χ1) is 11.7. The van der Waals surface area contributed by atoms with Crippen LogP contribution in [0.15, 0.2) is 18.2 Å². The van der Waals surface area contributed by atoms with E-state index in [0.29, 0.717) is 25.1 Å². The molecule has 0 radical (unpaired) electrons. The number of nitriles is 1. The Morgan fingerprint density at radius 3 is 2.80 bits per heavy atom. The number of non-ortho nitro benzene ring substituents is 1. The number of piperidine rings is 1. The zero-order valence-corrected chi connectivity index (χ0v) is 13.0. The predicted molar refractivity (Wildman–Crippen MR) is 81.8 cm³/mol. The Labute approximate surface area is 141 Å². The summed E-state index contributed by atoms with van der Waals surface area (Å²) in [5.41, 5.74) is 0.295. The molecule has 1 aliphatic heterocycles. The van der Waals surface area contributed by atoms with E-state index in [1.54, 1.807) is 4.90 Å². The van der Waals surface area contributed by atoms with Gasteiger partial charge >= 0.3 is 6.18 Å². The highest BCUT2D eigenvalue weighted by molar-refractivity contribution is 5.80. The number of nitro groups is 1. The SMILES string of the molecule is N#Cc1cc([N+](=O)[O-])ccc1N1CCCC(C(=O)NCC(F)(F)F)C1. The Hall–Kier alpha value is -2.83. The fourth-order valence-corrected chi connectivity index (χ4v) is 2.74. The maximum atomic E-state index is 12.2. The van der Waals surface area contributed by atoms with Gasteiger partial charge in [0.1, 0.15) is 12.6 Å². The third-order valence-electron chi connectivity index (χ3n) is 3.91. The maximum absolute atomic E-state index is 12.2. The number of hydrogen-bond acceptors (Lipinski definition) is 5. The number of anilines is 1. The molecule has 10 heteroatoms. The van der Waals surface area contributed by atoms with Crippen molar-refractivity contribution in [3.63, 3.8) is 0 Å². The molecule has 0 bridgehead atoms. The van der Waals surface area contributed by atoms with Crippen molar-refractivity contribution < 1.29 is 22.9 Å². The summed E-state index contributed by atoms with van der Waals surface area (Å²) < 4.78 is 36.6. The standard InChI is InChI=1S/C15H15F3N4O3/c16-15(17,18)9-20-14(23)10-2-1-5-21(8-10)13-4-3-12(22(24)25)6-11(13)7-19/h3-4,6,10H,1-2,5,8-9H2,(H,20,23). The van der Waals surface area contributed by atoms with Gasteiger partial charge in [0.25, 0.3) is 5.69 Å². The van der Waals surface area contributed by atoms with E-state index in [4.69, 9.17) is 0 Å². The molecule has 0 aliphatic carbocycles. The Bertz CT molecular complexity index is 715. The van der Waals surface area contributed by atoms with Crippen LogP contribution in [0.2, 0.25) is 0 Å². The van der Waals surface area contributed by atoms with E-state index in [1.165, 1.54) is 12.1 Å². The van der Waals surface area contributed by atoms with Gasteiger partial charge < -0.3 is 10.2 Å². The lowest BCUT2D eigenvalue weighted by Crippen LogP contribution is -2.45. The summed E-state index contributed by atoms with van der Waals surface area (Å²) in [6.07, 6.45) is -3.47. The van der Waals surface area contributed by atoms with E-state index in [-0.39, 0.29) is 17.8 Å². The first-order valence-corrected chi connectivity index (χ1v) is 7.49. The number of nitrogens with zero attached hydrogens (tertiary/aromatic N) is 3. The number of nitro benzene ring substituents is 1. The second-order valence-corrected chi connectivity index (χ2v) is 5.69. The molecule has 1 heterocycles. The summed E-state index contributed by atoms with van der Waals surface area (Å²) in [4.78, 5) is 23.8. The van der Waals surface area contributed by atoms with Gasteiger partial charge in [0.2, 0.25) is 5.91 Å². The van der Waals surface area contributed by atoms with Gasteiger partial charge in [-0.25, -0.2) is 0 Å².